The Labute approximate surface area is 460 Å². The first-order valence-corrected chi connectivity index (χ1v) is 27.6. The van der Waals surface area contributed by atoms with Crippen LogP contribution in [-0.4, -0.2) is 48.4 Å². The van der Waals surface area contributed by atoms with E-state index in [2.05, 4.69) is 218 Å². The van der Waals surface area contributed by atoms with Crippen LogP contribution in [0.5, 0.6) is 0 Å². The van der Waals surface area contributed by atoms with E-state index in [9.17, 15) is 0 Å². The maximum atomic E-state index is 5.53. The van der Waals surface area contributed by atoms with Crippen molar-refractivity contribution in [3.05, 3.63) is 241 Å². The fourth-order valence-electron chi connectivity index (χ4n) is 13.4. The Balaban J connectivity index is 0.0000000853. The molecule has 4 fully saturated rings. The molecule has 4 heterocycles. The summed E-state index contributed by atoms with van der Waals surface area (Å²) in [5, 5.41) is 39.4. The molecule has 4 unspecified atom stereocenters. The Bertz CT molecular complexity index is 4420. The molecule has 0 aromatic heterocycles. The van der Waals surface area contributed by atoms with Crippen molar-refractivity contribution in [1.82, 2.24) is 20.3 Å². The van der Waals surface area contributed by atoms with Gasteiger partial charge in [0.2, 0.25) is 0 Å². The average molecular weight is 1040 g/mol. The monoisotopic (exact) mass is 1040 g/mol. The van der Waals surface area contributed by atoms with Gasteiger partial charge in [-0.05, 0) is 129 Å². The lowest BCUT2D eigenvalue weighted by Gasteiger charge is -2.12. The van der Waals surface area contributed by atoms with Crippen LogP contribution in [0.25, 0.3) is 129 Å². The third-order valence-electron chi connectivity index (χ3n) is 17.5. The fourth-order valence-corrected chi connectivity index (χ4v) is 13.4. The molecule has 80 heavy (non-hydrogen) atoms. The summed E-state index contributed by atoms with van der Waals surface area (Å²) in [6, 6.07) is 79.1. The van der Waals surface area contributed by atoms with Crippen molar-refractivity contribution in [2.75, 3.05) is 28.2 Å². The number of nitrogens with zero attached hydrogens (tertiary/aromatic N) is 4. The van der Waals surface area contributed by atoms with E-state index in [0.717, 1.165) is 0 Å². The molecule has 4 aliphatic heterocycles. The lowest BCUT2D eigenvalue weighted by molar-refractivity contribution is 0.233. The first-order chi connectivity index (χ1) is 39.3. The topological polar surface area (TPSA) is 62.2 Å². The highest BCUT2D eigenvalue weighted by Crippen LogP contribution is 2.47. The van der Waals surface area contributed by atoms with Crippen LogP contribution in [0, 0.1) is 0 Å². The summed E-state index contributed by atoms with van der Waals surface area (Å²) >= 11 is 0. The normalized spacial score (nSPS) is 22.1. The lowest BCUT2D eigenvalue weighted by Crippen LogP contribution is -1.92. The number of hydrogen-bond acceptors (Lipinski definition) is 8. The molecule has 0 saturated carbocycles. The van der Waals surface area contributed by atoms with Crippen molar-refractivity contribution in [2.45, 2.75) is 24.9 Å². The highest BCUT2D eigenvalue weighted by molar-refractivity contribution is 6.27. The Kier molecular flexibility index (Phi) is 10.1. The minimum Gasteiger partial charge on any atom is -0.270 e. The van der Waals surface area contributed by atoms with E-state index >= 15 is 0 Å². The minimum atomic E-state index is 0.111. The van der Waals surface area contributed by atoms with Gasteiger partial charge in [0.25, 0.3) is 0 Å². The molecular weight excluding hydrogens is 985 g/mol. The van der Waals surface area contributed by atoms with Crippen LogP contribution in [0.4, 0.5) is 0 Å². The molecule has 20 rings (SSSR count). The minimum absolute atomic E-state index is 0.111. The van der Waals surface area contributed by atoms with Crippen molar-refractivity contribution in [2.24, 2.45) is 0 Å². The van der Waals surface area contributed by atoms with Gasteiger partial charge in [0.05, 0.1) is 0 Å². The number of rotatable bonds is 4. The fraction of sp³-hybridized carbons (Fsp3) is 0.111. The molecule has 8 heteroatoms. The average Bonchev–Trinajstić information content (AvgIpc) is 4.44. The molecule has 384 valence electrons. The summed E-state index contributed by atoms with van der Waals surface area (Å²) in [5.74, 6) is 0. The highest BCUT2D eigenvalue weighted by atomic mass is 16.8. The van der Waals surface area contributed by atoms with Gasteiger partial charge in [-0.1, -0.05) is 218 Å². The smallest absolute Gasteiger partial charge is 0.180 e. The van der Waals surface area contributed by atoms with Gasteiger partial charge in [0.1, 0.15) is 0 Å². The van der Waals surface area contributed by atoms with Crippen LogP contribution < -0.4 is 0 Å². The van der Waals surface area contributed by atoms with E-state index in [4.69, 9.17) is 19.4 Å². The Morgan fingerprint density at radius 1 is 0.200 bits per heavy atom. The van der Waals surface area contributed by atoms with Gasteiger partial charge in [-0.3, -0.25) is 19.4 Å². The highest BCUT2D eigenvalue weighted by Gasteiger charge is 2.38. The van der Waals surface area contributed by atoms with Crippen molar-refractivity contribution in [3.8, 4) is 0 Å². The van der Waals surface area contributed by atoms with Crippen molar-refractivity contribution in [3.63, 3.8) is 0 Å². The molecule has 16 aromatic rings. The van der Waals surface area contributed by atoms with Crippen molar-refractivity contribution < 1.29 is 19.4 Å². The molecule has 0 spiro atoms. The first kappa shape index (κ1) is 46.3. The molecule has 4 aliphatic rings. The second-order valence-electron chi connectivity index (χ2n) is 22.1. The predicted molar refractivity (Wildman–Crippen MR) is 327 cm³/mol. The standard InChI is InChI=1S/4C18H13NO/c4*1-19-18(20-19)15-10-8-13-6-5-11-3-2-4-12-7-9-14(15)17(13)16(11)12/h4*2-10,18H,1H3/t4*18-,19?/m1110/s1. The summed E-state index contributed by atoms with van der Waals surface area (Å²) in [7, 11) is 7.90. The maximum absolute atomic E-state index is 5.53. The van der Waals surface area contributed by atoms with Gasteiger partial charge in [-0.25, -0.2) is 0 Å². The molecular formula is C72H52N4O4. The summed E-state index contributed by atoms with van der Waals surface area (Å²) in [6.45, 7) is 0. The second-order valence-corrected chi connectivity index (χ2v) is 22.1. The zero-order valence-electron chi connectivity index (χ0n) is 44.5. The van der Waals surface area contributed by atoms with E-state index < -0.39 is 0 Å². The number of benzene rings is 16. The molecule has 0 N–H and O–H groups in total. The molecule has 0 amide bonds. The molecule has 16 aromatic carbocycles. The van der Waals surface area contributed by atoms with E-state index in [1.54, 1.807) is 0 Å². The summed E-state index contributed by atoms with van der Waals surface area (Å²) in [5.41, 5.74) is 5.05. The van der Waals surface area contributed by atoms with Gasteiger partial charge in [0.15, 0.2) is 24.9 Å². The van der Waals surface area contributed by atoms with Gasteiger partial charge in [-0.2, -0.15) is 20.3 Å². The molecule has 4 saturated heterocycles. The maximum Gasteiger partial charge on any atom is 0.180 e. The van der Waals surface area contributed by atoms with Crippen LogP contribution in [0.1, 0.15) is 47.2 Å². The Morgan fingerprint density at radius 3 is 0.525 bits per heavy atom. The third-order valence-corrected chi connectivity index (χ3v) is 17.5. The van der Waals surface area contributed by atoms with Crippen LogP contribution in [0.3, 0.4) is 0 Å². The van der Waals surface area contributed by atoms with Gasteiger partial charge in [-0.15, -0.1) is 0 Å². The second kappa shape index (κ2) is 17.4. The Hall–Kier alpha value is -8.64. The van der Waals surface area contributed by atoms with E-state index in [1.165, 1.54) is 152 Å². The zero-order chi connectivity index (χ0) is 53.1. The van der Waals surface area contributed by atoms with Crippen LogP contribution in [0.2, 0.25) is 0 Å². The number of hydrogen-bond donors (Lipinski definition) is 0. The summed E-state index contributed by atoms with van der Waals surface area (Å²) < 4.78 is 0. The van der Waals surface area contributed by atoms with Gasteiger partial charge >= 0.3 is 0 Å². The largest absolute Gasteiger partial charge is 0.270 e. The molecule has 8 nitrogen and oxygen atoms in total. The quantitative estimate of drug-likeness (QED) is 0.128. The van der Waals surface area contributed by atoms with Crippen molar-refractivity contribution in [1.29, 1.82) is 0 Å². The van der Waals surface area contributed by atoms with Crippen LogP contribution in [-0.2, 0) is 19.4 Å². The number of hydroxylamine groups is 8. The third kappa shape index (κ3) is 7.26. The van der Waals surface area contributed by atoms with Gasteiger partial charge in [0, 0.05) is 50.4 Å². The lowest BCUT2D eigenvalue weighted by atomic mass is 9.92. The predicted octanol–water partition coefficient (Wildman–Crippen LogP) is 17.8. The van der Waals surface area contributed by atoms with E-state index in [0.29, 0.717) is 0 Å². The summed E-state index contributed by atoms with van der Waals surface area (Å²) in [6.07, 6.45) is 0.443. The first-order valence-electron chi connectivity index (χ1n) is 27.6. The molecule has 0 bridgehead atoms. The summed E-state index contributed by atoms with van der Waals surface area (Å²) in [4.78, 5) is 22.1. The van der Waals surface area contributed by atoms with Crippen LogP contribution in [0.15, 0.2) is 218 Å². The van der Waals surface area contributed by atoms with Crippen LogP contribution >= 0.6 is 0 Å². The zero-order valence-corrected chi connectivity index (χ0v) is 44.5. The SMILES string of the molecule is CN1O[C@@H]1c1ccc2ccc3cccc4ccc1c2c34.CN1O[C@@H]1c1ccc2ccc3cccc4ccc1c2c34.CN1O[C@@H]1c1ccc2ccc3cccc4ccc1c2c34.CN1O[C@H]1c1ccc2ccc3cccc4ccc1c2c34. The molecule has 0 aliphatic carbocycles. The molecule has 0 radical (unpaired) electrons. The Morgan fingerprint density at radius 2 is 0.350 bits per heavy atom. The van der Waals surface area contributed by atoms with Gasteiger partial charge < -0.3 is 0 Å². The van der Waals surface area contributed by atoms with E-state index in [-0.39, 0.29) is 24.9 Å². The van der Waals surface area contributed by atoms with Crippen molar-refractivity contribution >= 4 is 129 Å². The van der Waals surface area contributed by atoms with E-state index in [1.807, 2.05) is 48.4 Å². The molecule has 8 atom stereocenters.